The third-order valence-electron chi connectivity index (χ3n) is 5.38. The molecule has 148 valence electrons. The Morgan fingerprint density at radius 3 is 2.48 bits per heavy atom. The van der Waals surface area contributed by atoms with Gasteiger partial charge in [-0.05, 0) is 35.5 Å². The Morgan fingerprint density at radius 2 is 1.55 bits per heavy atom. The maximum Gasteiger partial charge on any atom is 0.115 e. The van der Waals surface area contributed by atoms with Crippen LogP contribution in [-0.4, -0.2) is 26.3 Å². The van der Waals surface area contributed by atoms with Gasteiger partial charge in [-0.1, -0.05) is 66.7 Å². The molecule has 31 heavy (non-hydrogen) atoms. The highest BCUT2D eigenvalue weighted by atomic mass is 15.8. The van der Waals surface area contributed by atoms with Crippen LogP contribution in [0.2, 0.25) is 0 Å². The van der Waals surface area contributed by atoms with Gasteiger partial charge in [0.2, 0.25) is 0 Å². The fourth-order valence-electron chi connectivity index (χ4n) is 3.90. The normalized spacial score (nSPS) is 11.7. The minimum absolute atomic E-state index is 0.816. The number of para-hydroxylation sites is 4. The van der Waals surface area contributed by atoms with Gasteiger partial charge in [0.05, 0.1) is 17.4 Å². The molecule has 0 unspecified atom stereocenters. The van der Waals surface area contributed by atoms with Crippen molar-refractivity contribution < 1.29 is 0 Å². The van der Waals surface area contributed by atoms with E-state index in [4.69, 9.17) is 5.10 Å². The molecule has 2 heterocycles. The van der Waals surface area contributed by atoms with Gasteiger partial charge in [0, 0.05) is 21.9 Å². The van der Waals surface area contributed by atoms with Crippen molar-refractivity contribution >= 4 is 44.7 Å². The third-order valence-corrected chi connectivity index (χ3v) is 5.38. The summed E-state index contributed by atoms with van der Waals surface area (Å²) in [5, 5.41) is 17.6. The molecule has 0 radical (unpaired) electrons. The molecule has 6 aromatic rings. The zero-order valence-corrected chi connectivity index (χ0v) is 16.6. The van der Waals surface area contributed by atoms with Gasteiger partial charge in [0.15, 0.2) is 0 Å². The van der Waals surface area contributed by atoms with Gasteiger partial charge in [0.1, 0.15) is 11.0 Å². The second kappa shape index (κ2) is 7.11. The Bertz CT molecular complexity index is 1540. The van der Waals surface area contributed by atoms with Gasteiger partial charge in [-0.15, -0.1) is 15.0 Å². The number of hydrogen-bond donors (Lipinski definition) is 1. The molecule has 0 saturated heterocycles. The number of H-pyrrole nitrogens is 1. The molecule has 0 aliphatic rings. The topological polar surface area (TPSA) is 62.1 Å². The average molecular weight is 402 g/mol. The number of rotatable bonds is 4. The van der Waals surface area contributed by atoms with E-state index >= 15 is 0 Å². The maximum absolute atomic E-state index is 4.83. The molecule has 0 fully saturated rings. The van der Waals surface area contributed by atoms with Crippen LogP contribution in [0.25, 0.3) is 32.8 Å². The standard InChI is InChI=1S/C25H18N6/c1-2-10-19(11-3-1)30(31-24-16-7-6-15-23(24)28-29-31)26-17-18-9-8-13-21-20-12-4-5-14-22(20)27-25(18)21/h1-17,27H. The predicted molar refractivity (Wildman–Crippen MR) is 125 cm³/mol. The van der Waals surface area contributed by atoms with Crippen molar-refractivity contribution in [3.05, 3.63) is 103 Å². The number of fused-ring (bicyclic) bond motifs is 4. The summed E-state index contributed by atoms with van der Waals surface area (Å²) >= 11 is 0. The van der Waals surface area contributed by atoms with E-state index in [1.54, 1.807) is 9.91 Å². The Morgan fingerprint density at radius 1 is 0.774 bits per heavy atom. The van der Waals surface area contributed by atoms with Gasteiger partial charge < -0.3 is 4.98 Å². The summed E-state index contributed by atoms with van der Waals surface area (Å²) in [5.41, 5.74) is 5.75. The minimum atomic E-state index is 0.816. The average Bonchev–Trinajstić information content (AvgIpc) is 3.42. The maximum atomic E-state index is 4.83. The lowest BCUT2D eigenvalue weighted by Gasteiger charge is -2.18. The molecule has 2 aromatic heterocycles. The fraction of sp³-hybridized carbons (Fsp3) is 0. The predicted octanol–water partition coefficient (Wildman–Crippen LogP) is 5.37. The molecule has 0 aliphatic carbocycles. The van der Waals surface area contributed by atoms with Crippen LogP contribution in [0.4, 0.5) is 5.69 Å². The summed E-state index contributed by atoms with van der Waals surface area (Å²) in [4.78, 5) is 5.24. The Kier molecular flexibility index (Phi) is 3.99. The Balaban J connectivity index is 1.50. The van der Waals surface area contributed by atoms with Crippen LogP contribution in [0.5, 0.6) is 0 Å². The first kappa shape index (κ1) is 17.4. The SMILES string of the molecule is C(=NN(c1ccccc1)n1nnc2ccccc21)c1cccc2c1[nH]c1ccccc12. The number of anilines is 1. The van der Waals surface area contributed by atoms with Crippen molar-refractivity contribution in [2.24, 2.45) is 5.10 Å². The monoisotopic (exact) mass is 402 g/mol. The summed E-state index contributed by atoms with van der Waals surface area (Å²) in [6.45, 7) is 0. The van der Waals surface area contributed by atoms with Crippen LogP contribution in [0, 0.1) is 0 Å². The fourth-order valence-corrected chi connectivity index (χ4v) is 3.90. The molecule has 0 atom stereocenters. The lowest BCUT2D eigenvalue weighted by molar-refractivity contribution is 0.627. The van der Waals surface area contributed by atoms with Gasteiger partial charge in [0.25, 0.3) is 0 Å². The van der Waals surface area contributed by atoms with Crippen LogP contribution in [0.15, 0.2) is 102 Å². The van der Waals surface area contributed by atoms with Crippen molar-refractivity contribution in [2.45, 2.75) is 0 Å². The van der Waals surface area contributed by atoms with Crippen LogP contribution >= 0.6 is 0 Å². The molecular formula is C25H18N6. The summed E-state index contributed by atoms with van der Waals surface area (Å²) in [7, 11) is 0. The summed E-state index contributed by atoms with van der Waals surface area (Å²) in [5.74, 6) is 0. The quantitative estimate of drug-likeness (QED) is 0.318. The van der Waals surface area contributed by atoms with Crippen molar-refractivity contribution in [1.29, 1.82) is 0 Å². The van der Waals surface area contributed by atoms with Gasteiger partial charge in [-0.2, -0.15) is 5.10 Å². The number of hydrazone groups is 1. The first-order valence-corrected chi connectivity index (χ1v) is 10.1. The van der Waals surface area contributed by atoms with Gasteiger partial charge in [-0.3, -0.25) is 0 Å². The zero-order chi connectivity index (χ0) is 20.6. The number of nitrogens with zero attached hydrogens (tertiary/aromatic N) is 5. The van der Waals surface area contributed by atoms with E-state index in [1.165, 1.54) is 10.8 Å². The van der Waals surface area contributed by atoms with E-state index in [-0.39, 0.29) is 0 Å². The Labute approximate surface area is 178 Å². The van der Waals surface area contributed by atoms with E-state index in [2.05, 4.69) is 51.7 Å². The number of hydrogen-bond acceptors (Lipinski definition) is 4. The van der Waals surface area contributed by atoms with E-state index in [0.717, 1.165) is 33.3 Å². The Hall–Kier alpha value is -4.45. The lowest BCUT2D eigenvalue weighted by Crippen LogP contribution is -2.25. The van der Waals surface area contributed by atoms with Crippen LogP contribution < -0.4 is 5.12 Å². The summed E-state index contributed by atoms with van der Waals surface area (Å²) < 4.78 is 0. The van der Waals surface area contributed by atoms with E-state index in [9.17, 15) is 0 Å². The molecule has 1 N–H and O–H groups in total. The smallest absolute Gasteiger partial charge is 0.115 e. The number of nitrogens with one attached hydrogen (secondary N) is 1. The zero-order valence-electron chi connectivity index (χ0n) is 16.6. The van der Waals surface area contributed by atoms with Crippen LogP contribution in [-0.2, 0) is 0 Å². The van der Waals surface area contributed by atoms with E-state index < -0.39 is 0 Å². The van der Waals surface area contributed by atoms with E-state index in [0.29, 0.717) is 0 Å². The second-order valence-corrected chi connectivity index (χ2v) is 7.28. The molecule has 0 aliphatic heterocycles. The van der Waals surface area contributed by atoms with Gasteiger partial charge >= 0.3 is 0 Å². The van der Waals surface area contributed by atoms with Gasteiger partial charge in [-0.25, -0.2) is 0 Å². The van der Waals surface area contributed by atoms with Crippen molar-refractivity contribution in [3.63, 3.8) is 0 Å². The highest BCUT2D eigenvalue weighted by molar-refractivity contribution is 6.12. The highest BCUT2D eigenvalue weighted by Crippen LogP contribution is 2.27. The molecule has 4 aromatic carbocycles. The summed E-state index contributed by atoms with van der Waals surface area (Å²) in [6.07, 6.45) is 1.86. The van der Waals surface area contributed by atoms with Crippen LogP contribution in [0.3, 0.4) is 0 Å². The first-order chi connectivity index (χ1) is 15.4. The molecular weight excluding hydrogens is 384 g/mol. The van der Waals surface area contributed by atoms with E-state index in [1.807, 2.05) is 66.9 Å². The molecule has 6 nitrogen and oxygen atoms in total. The molecule has 0 saturated carbocycles. The van der Waals surface area contributed by atoms with Crippen molar-refractivity contribution in [3.8, 4) is 0 Å². The largest absolute Gasteiger partial charge is 0.354 e. The number of aromatic amines is 1. The second-order valence-electron chi connectivity index (χ2n) is 7.28. The molecule has 6 rings (SSSR count). The molecule has 0 amide bonds. The molecule has 6 heteroatoms. The first-order valence-electron chi connectivity index (χ1n) is 10.1. The minimum Gasteiger partial charge on any atom is -0.354 e. The lowest BCUT2D eigenvalue weighted by atomic mass is 10.1. The van der Waals surface area contributed by atoms with Crippen molar-refractivity contribution in [1.82, 2.24) is 20.1 Å². The number of aromatic nitrogens is 4. The van der Waals surface area contributed by atoms with Crippen molar-refractivity contribution in [2.75, 3.05) is 5.12 Å². The summed E-state index contributed by atoms with van der Waals surface area (Å²) in [6, 6.07) is 32.4. The molecule has 0 bridgehead atoms. The van der Waals surface area contributed by atoms with Crippen LogP contribution in [0.1, 0.15) is 5.56 Å². The third kappa shape index (κ3) is 2.93. The highest BCUT2D eigenvalue weighted by Gasteiger charge is 2.13. The number of benzene rings is 4. The molecule has 0 spiro atoms.